The summed E-state index contributed by atoms with van der Waals surface area (Å²) in [4.78, 5) is 11.4. The molecule has 0 radical (unpaired) electrons. The molecule has 0 saturated carbocycles. The van der Waals surface area contributed by atoms with Gasteiger partial charge in [-0.05, 0) is 24.6 Å². The fourth-order valence-corrected chi connectivity index (χ4v) is 1.93. The summed E-state index contributed by atoms with van der Waals surface area (Å²) >= 11 is 0. The maximum absolute atomic E-state index is 11.4. The Morgan fingerprint density at radius 3 is 2.84 bits per heavy atom. The molecule has 0 fully saturated rings. The van der Waals surface area contributed by atoms with Gasteiger partial charge in [0, 0.05) is 12.5 Å². The average molecular weight is 265 g/mol. The Morgan fingerprint density at radius 2 is 2.11 bits per heavy atom. The lowest BCUT2D eigenvalue weighted by Gasteiger charge is -2.14. The molecule has 2 N–H and O–H groups in total. The summed E-state index contributed by atoms with van der Waals surface area (Å²) in [5.41, 5.74) is 6.85. The van der Waals surface area contributed by atoms with Gasteiger partial charge in [-0.25, -0.2) is 0 Å². The largest absolute Gasteiger partial charge is 0.490 e. The van der Waals surface area contributed by atoms with Gasteiger partial charge >= 0.3 is 5.97 Å². The van der Waals surface area contributed by atoms with Gasteiger partial charge < -0.3 is 19.9 Å². The van der Waals surface area contributed by atoms with E-state index in [0.29, 0.717) is 25.6 Å². The lowest BCUT2D eigenvalue weighted by molar-refractivity contribution is -0.143. The fourth-order valence-electron chi connectivity index (χ4n) is 1.93. The first-order valence-electron chi connectivity index (χ1n) is 6.51. The van der Waals surface area contributed by atoms with Gasteiger partial charge in [-0.1, -0.05) is 6.07 Å². The molecule has 1 aromatic rings. The highest BCUT2D eigenvalue weighted by molar-refractivity contribution is 5.70. The van der Waals surface area contributed by atoms with E-state index < -0.39 is 6.04 Å². The van der Waals surface area contributed by atoms with E-state index in [9.17, 15) is 4.79 Å². The molecule has 1 heterocycles. The van der Waals surface area contributed by atoms with E-state index in [1.54, 1.807) is 6.92 Å². The topological polar surface area (TPSA) is 70.8 Å². The van der Waals surface area contributed by atoms with Crippen molar-refractivity contribution in [1.29, 1.82) is 0 Å². The Morgan fingerprint density at radius 1 is 1.37 bits per heavy atom. The van der Waals surface area contributed by atoms with Crippen LogP contribution < -0.4 is 15.2 Å². The molecule has 1 aliphatic heterocycles. The van der Waals surface area contributed by atoms with Crippen LogP contribution in [0.25, 0.3) is 0 Å². The van der Waals surface area contributed by atoms with Gasteiger partial charge in [0.05, 0.1) is 26.2 Å². The summed E-state index contributed by atoms with van der Waals surface area (Å²) in [5.74, 6) is 1.13. The molecule has 0 bridgehead atoms. The summed E-state index contributed by atoms with van der Waals surface area (Å²) in [6, 6.07) is 5.14. The third-order valence-corrected chi connectivity index (χ3v) is 2.89. The minimum absolute atomic E-state index is 0.160. The van der Waals surface area contributed by atoms with Crippen LogP contribution in [0, 0.1) is 0 Å². The molecule has 0 saturated heterocycles. The van der Waals surface area contributed by atoms with Crippen molar-refractivity contribution in [2.75, 3.05) is 19.8 Å². The summed E-state index contributed by atoms with van der Waals surface area (Å²) in [5, 5.41) is 0. The second-order valence-corrected chi connectivity index (χ2v) is 4.37. The number of carbonyl (C=O) groups excluding carboxylic acids is 1. The summed E-state index contributed by atoms with van der Waals surface area (Å²) in [6.07, 6.45) is 1.02. The van der Waals surface area contributed by atoms with Gasteiger partial charge in [0.25, 0.3) is 0 Å². The molecule has 0 spiro atoms. The van der Waals surface area contributed by atoms with Crippen molar-refractivity contribution in [3.8, 4) is 11.5 Å². The zero-order chi connectivity index (χ0) is 13.7. The number of carbonyl (C=O) groups is 1. The van der Waals surface area contributed by atoms with Crippen molar-refractivity contribution in [3.63, 3.8) is 0 Å². The second kappa shape index (κ2) is 6.43. The Bertz CT molecular complexity index is 447. The average Bonchev–Trinajstić information content (AvgIpc) is 2.63. The van der Waals surface area contributed by atoms with Crippen LogP contribution in [0.4, 0.5) is 0 Å². The summed E-state index contributed by atoms with van der Waals surface area (Å²) in [6.45, 7) is 3.43. The van der Waals surface area contributed by atoms with E-state index in [4.69, 9.17) is 19.9 Å². The summed E-state index contributed by atoms with van der Waals surface area (Å²) < 4.78 is 16.0. The van der Waals surface area contributed by atoms with Crippen LogP contribution in [-0.4, -0.2) is 25.8 Å². The number of hydrogen-bond donors (Lipinski definition) is 1. The maximum atomic E-state index is 11.4. The first kappa shape index (κ1) is 13.7. The van der Waals surface area contributed by atoms with Crippen molar-refractivity contribution in [2.45, 2.75) is 25.8 Å². The van der Waals surface area contributed by atoms with Crippen LogP contribution in [0.1, 0.15) is 31.4 Å². The number of ether oxygens (including phenoxy) is 3. The zero-order valence-corrected chi connectivity index (χ0v) is 11.1. The lowest BCUT2D eigenvalue weighted by atomic mass is 10.0. The first-order chi connectivity index (χ1) is 9.20. The maximum Gasteiger partial charge on any atom is 0.307 e. The first-order valence-corrected chi connectivity index (χ1v) is 6.51. The number of nitrogens with two attached hydrogens (primary N) is 1. The standard InChI is InChI=1S/C14H19NO4/c1-2-17-14(16)9-11(15)10-4-5-12-13(8-10)19-7-3-6-18-12/h4-5,8,11H,2-3,6-7,9,15H2,1H3. The molecule has 0 amide bonds. The van der Waals surface area contributed by atoms with Crippen LogP contribution in [0.3, 0.4) is 0 Å². The molecule has 5 nitrogen and oxygen atoms in total. The molecular weight excluding hydrogens is 246 g/mol. The smallest absolute Gasteiger partial charge is 0.307 e. The van der Waals surface area contributed by atoms with Crippen molar-refractivity contribution in [1.82, 2.24) is 0 Å². The van der Waals surface area contributed by atoms with Gasteiger partial charge in [-0.15, -0.1) is 0 Å². The third kappa shape index (κ3) is 3.61. The van der Waals surface area contributed by atoms with Gasteiger partial charge in [-0.2, -0.15) is 0 Å². The molecule has 1 unspecified atom stereocenters. The van der Waals surface area contributed by atoms with Crippen molar-refractivity contribution in [2.24, 2.45) is 5.73 Å². The zero-order valence-electron chi connectivity index (χ0n) is 11.1. The quantitative estimate of drug-likeness (QED) is 0.840. The van der Waals surface area contributed by atoms with E-state index in [0.717, 1.165) is 17.7 Å². The number of benzene rings is 1. The SMILES string of the molecule is CCOC(=O)CC(N)c1ccc2c(c1)OCCCO2. The van der Waals surface area contributed by atoms with E-state index in [1.165, 1.54) is 0 Å². The van der Waals surface area contributed by atoms with Gasteiger partial charge in [0.15, 0.2) is 11.5 Å². The third-order valence-electron chi connectivity index (χ3n) is 2.89. The van der Waals surface area contributed by atoms with Crippen molar-refractivity contribution < 1.29 is 19.0 Å². The molecule has 1 atom stereocenters. The van der Waals surface area contributed by atoms with E-state index in [1.807, 2.05) is 18.2 Å². The number of hydrogen-bond acceptors (Lipinski definition) is 5. The van der Waals surface area contributed by atoms with Crippen LogP contribution in [0.5, 0.6) is 11.5 Å². The normalized spacial score (nSPS) is 15.5. The van der Waals surface area contributed by atoms with E-state index in [2.05, 4.69) is 0 Å². The van der Waals surface area contributed by atoms with Crippen molar-refractivity contribution >= 4 is 5.97 Å². The highest BCUT2D eigenvalue weighted by atomic mass is 16.5. The van der Waals surface area contributed by atoms with E-state index >= 15 is 0 Å². The Labute approximate surface area is 112 Å². The number of rotatable bonds is 4. The van der Waals surface area contributed by atoms with Gasteiger partial charge in [0.1, 0.15) is 0 Å². The predicted molar refractivity (Wildman–Crippen MR) is 70.2 cm³/mol. The monoisotopic (exact) mass is 265 g/mol. The Hall–Kier alpha value is -1.75. The van der Waals surface area contributed by atoms with Gasteiger partial charge in [0.2, 0.25) is 0 Å². The minimum atomic E-state index is -0.392. The highest BCUT2D eigenvalue weighted by Crippen LogP contribution is 2.32. The molecule has 5 heteroatoms. The van der Waals surface area contributed by atoms with Crippen LogP contribution in [0.2, 0.25) is 0 Å². The van der Waals surface area contributed by atoms with Crippen LogP contribution in [0.15, 0.2) is 18.2 Å². The second-order valence-electron chi connectivity index (χ2n) is 4.37. The van der Waals surface area contributed by atoms with Crippen LogP contribution in [-0.2, 0) is 9.53 Å². The molecule has 0 aliphatic carbocycles. The molecule has 19 heavy (non-hydrogen) atoms. The fraction of sp³-hybridized carbons (Fsp3) is 0.500. The Kier molecular flexibility index (Phi) is 4.63. The number of fused-ring (bicyclic) bond motifs is 1. The molecule has 1 aromatic carbocycles. The summed E-state index contributed by atoms with van der Waals surface area (Å²) in [7, 11) is 0. The molecule has 2 rings (SSSR count). The minimum Gasteiger partial charge on any atom is -0.490 e. The number of esters is 1. The Balaban J connectivity index is 2.08. The van der Waals surface area contributed by atoms with Gasteiger partial charge in [-0.3, -0.25) is 4.79 Å². The lowest BCUT2D eigenvalue weighted by Crippen LogP contribution is -2.17. The molecular formula is C14H19NO4. The predicted octanol–water partition coefficient (Wildman–Crippen LogP) is 1.80. The molecule has 104 valence electrons. The molecule has 1 aliphatic rings. The molecule has 0 aromatic heterocycles. The van der Waals surface area contributed by atoms with Crippen LogP contribution >= 0.6 is 0 Å². The van der Waals surface area contributed by atoms with E-state index in [-0.39, 0.29) is 12.4 Å². The highest BCUT2D eigenvalue weighted by Gasteiger charge is 2.16. The van der Waals surface area contributed by atoms with Crippen molar-refractivity contribution in [3.05, 3.63) is 23.8 Å².